The number of rotatable bonds is 2. The van der Waals surface area contributed by atoms with Crippen LogP contribution in [-0.4, -0.2) is 48.0 Å². The molecule has 19 heavy (non-hydrogen) atoms. The molecular weight excluding hydrogens is 274 g/mol. The fourth-order valence-electron chi connectivity index (χ4n) is 2.06. The van der Waals surface area contributed by atoms with Crippen molar-refractivity contribution in [2.75, 3.05) is 13.1 Å². The summed E-state index contributed by atoms with van der Waals surface area (Å²) in [5.74, 6) is 0. The van der Waals surface area contributed by atoms with Crippen molar-refractivity contribution in [3.8, 4) is 0 Å². The van der Waals surface area contributed by atoms with E-state index in [0.29, 0.717) is 0 Å². The lowest BCUT2D eigenvalue weighted by Crippen LogP contribution is -2.49. The van der Waals surface area contributed by atoms with Gasteiger partial charge in [0.1, 0.15) is 0 Å². The van der Waals surface area contributed by atoms with Crippen LogP contribution in [0.1, 0.15) is 13.8 Å². The molecule has 1 aliphatic rings. The van der Waals surface area contributed by atoms with Crippen LogP contribution in [0.5, 0.6) is 0 Å². The third-order valence-corrected chi connectivity index (χ3v) is 4.63. The van der Waals surface area contributed by atoms with Gasteiger partial charge in [-0.15, -0.1) is 0 Å². The van der Waals surface area contributed by atoms with Gasteiger partial charge in [-0.05, 0) is 13.8 Å². The second-order valence-electron chi connectivity index (χ2n) is 4.52. The molecule has 0 bridgehead atoms. The van der Waals surface area contributed by atoms with Crippen molar-refractivity contribution in [1.82, 2.24) is 14.3 Å². The number of aromatic amines is 2. The van der Waals surface area contributed by atoms with Gasteiger partial charge in [-0.2, -0.15) is 4.31 Å². The average molecular weight is 289 g/mol. The Labute approximate surface area is 109 Å². The van der Waals surface area contributed by atoms with E-state index in [4.69, 9.17) is 4.74 Å². The zero-order valence-electron chi connectivity index (χ0n) is 10.5. The highest BCUT2D eigenvalue weighted by Crippen LogP contribution is 2.18. The summed E-state index contributed by atoms with van der Waals surface area (Å²) in [5, 5.41) is 0. The van der Waals surface area contributed by atoms with Crippen LogP contribution in [0.25, 0.3) is 0 Å². The summed E-state index contributed by atoms with van der Waals surface area (Å²) in [6, 6.07) is 0. The van der Waals surface area contributed by atoms with Crippen LogP contribution in [0.4, 0.5) is 0 Å². The van der Waals surface area contributed by atoms with Crippen molar-refractivity contribution >= 4 is 10.0 Å². The molecule has 0 radical (unpaired) electrons. The van der Waals surface area contributed by atoms with Crippen molar-refractivity contribution in [2.45, 2.75) is 31.0 Å². The summed E-state index contributed by atoms with van der Waals surface area (Å²) in [7, 11) is -3.94. The third-order valence-electron chi connectivity index (χ3n) is 2.79. The maximum Gasteiger partial charge on any atom is 0.325 e. The van der Waals surface area contributed by atoms with Gasteiger partial charge in [0.25, 0.3) is 5.56 Å². The molecule has 0 aliphatic carbocycles. The number of H-pyrrole nitrogens is 2. The molecule has 9 heteroatoms. The van der Waals surface area contributed by atoms with Crippen LogP contribution < -0.4 is 11.2 Å². The molecule has 0 saturated carbocycles. The molecule has 0 spiro atoms. The monoisotopic (exact) mass is 289 g/mol. The van der Waals surface area contributed by atoms with E-state index in [2.05, 4.69) is 4.98 Å². The SMILES string of the molecule is CC1CN(S(=O)(=O)c2c[nH]c(=O)[nH]c2=O)CC(C)O1. The van der Waals surface area contributed by atoms with E-state index in [0.717, 1.165) is 6.20 Å². The highest BCUT2D eigenvalue weighted by molar-refractivity contribution is 7.89. The molecule has 8 nitrogen and oxygen atoms in total. The van der Waals surface area contributed by atoms with Crippen molar-refractivity contribution in [3.05, 3.63) is 27.0 Å². The van der Waals surface area contributed by atoms with E-state index in [1.165, 1.54) is 4.31 Å². The van der Waals surface area contributed by atoms with Crippen LogP contribution in [0, 0.1) is 0 Å². The summed E-state index contributed by atoms with van der Waals surface area (Å²) in [6.45, 7) is 3.86. The Morgan fingerprint density at radius 2 is 1.84 bits per heavy atom. The number of nitrogens with one attached hydrogen (secondary N) is 2. The fraction of sp³-hybridized carbons (Fsp3) is 0.600. The first-order chi connectivity index (χ1) is 8.80. The van der Waals surface area contributed by atoms with Gasteiger partial charge in [-0.3, -0.25) is 9.78 Å². The van der Waals surface area contributed by atoms with E-state index >= 15 is 0 Å². The molecule has 0 aromatic carbocycles. The quantitative estimate of drug-likeness (QED) is 0.714. The largest absolute Gasteiger partial charge is 0.373 e. The molecule has 2 unspecified atom stereocenters. The number of hydrogen-bond acceptors (Lipinski definition) is 5. The molecular formula is C10H15N3O5S. The van der Waals surface area contributed by atoms with Crippen molar-refractivity contribution in [2.24, 2.45) is 0 Å². The van der Waals surface area contributed by atoms with Crippen LogP contribution in [0.2, 0.25) is 0 Å². The number of sulfonamides is 1. The molecule has 1 aromatic rings. The lowest BCUT2D eigenvalue weighted by molar-refractivity contribution is -0.0441. The summed E-state index contributed by atoms with van der Waals surface area (Å²) in [6.07, 6.45) is 0.419. The smallest absolute Gasteiger partial charge is 0.325 e. The second kappa shape index (κ2) is 4.91. The van der Waals surface area contributed by atoms with Gasteiger partial charge in [0.2, 0.25) is 10.0 Å². The van der Waals surface area contributed by atoms with Gasteiger partial charge in [0.05, 0.1) is 12.2 Å². The van der Waals surface area contributed by atoms with Crippen molar-refractivity contribution < 1.29 is 13.2 Å². The lowest BCUT2D eigenvalue weighted by atomic mass is 10.3. The minimum atomic E-state index is -3.94. The first kappa shape index (κ1) is 14.0. The van der Waals surface area contributed by atoms with E-state index < -0.39 is 26.2 Å². The van der Waals surface area contributed by atoms with Gasteiger partial charge in [-0.25, -0.2) is 13.2 Å². The molecule has 1 fully saturated rings. The minimum Gasteiger partial charge on any atom is -0.373 e. The Hall–Kier alpha value is -1.45. The lowest BCUT2D eigenvalue weighted by Gasteiger charge is -2.34. The third kappa shape index (κ3) is 2.77. The Morgan fingerprint density at radius 3 is 2.37 bits per heavy atom. The molecule has 1 saturated heterocycles. The highest BCUT2D eigenvalue weighted by atomic mass is 32.2. The molecule has 106 valence electrons. The number of ether oxygens (including phenoxy) is 1. The zero-order chi connectivity index (χ0) is 14.2. The van der Waals surface area contributed by atoms with Crippen LogP contribution >= 0.6 is 0 Å². The zero-order valence-corrected chi connectivity index (χ0v) is 11.4. The minimum absolute atomic E-state index is 0.172. The summed E-state index contributed by atoms with van der Waals surface area (Å²) >= 11 is 0. The number of hydrogen-bond donors (Lipinski definition) is 2. The summed E-state index contributed by atoms with van der Waals surface area (Å²) in [4.78, 5) is 26.1. The predicted molar refractivity (Wildman–Crippen MR) is 66.5 cm³/mol. The Balaban J connectivity index is 2.42. The molecule has 2 atom stereocenters. The van der Waals surface area contributed by atoms with Crippen LogP contribution in [0.3, 0.4) is 0 Å². The van der Waals surface area contributed by atoms with Crippen LogP contribution in [0.15, 0.2) is 20.7 Å². The number of morpholine rings is 1. The number of aromatic nitrogens is 2. The standard InChI is InChI=1S/C10H15N3O5S/c1-6-4-13(5-7(2)18-6)19(16,17)8-3-11-10(15)12-9(8)14/h3,6-7H,4-5H2,1-2H3,(H2,11,12,14,15). The van der Waals surface area contributed by atoms with Gasteiger partial charge in [0.15, 0.2) is 4.90 Å². The summed E-state index contributed by atoms with van der Waals surface area (Å²) < 4.78 is 31.3. The molecule has 2 rings (SSSR count). The van der Waals surface area contributed by atoms with E-state index in [1.54, 1.807) is 13.8 Å². The normalized spacial score (nSPS) is 25.4. The molecule has 2 heterocycles. The Bertz CT molecular complexity index is 667. The van der Waals surface area contributed by atoms with E-state index in [1.807, 2.05) is 4.98 Å². The van der Waals surface area contributed by atoms with Crippen LogP contribution in [-0.2, 0) is 14.8 Å². The highest BCUT2D eigenvalue weighted by Gasteiger charge is 2.33. The van der Waals surface area contributed by atoms with Gasteiger partial charge in [-0.1, -0.05) is 0 Å². The second-order valence-corrected chi connectivity index (χ2v) is 6.42. The molecule has 0 amide bonds. The van der Waals surface area contributed by atoms with Crippen molar-refractivity contribution in [3.63, 3.8) is 0 Å². The molecule has 1 aromatic heterocycles. The topological polar surface area (TPSA) is 112 Å². The molecule has 1 aliphatic heterocycles. The Kier molecular flexibility index (Phi) is 3.61. The van der Waals surface area contributed by atoms with Gasteiger partial charge < -0.3 is 9.72 Å². The van der Waals surface area contributed by atoms with E-state index in [9.17, 15) is 18.0 Å². The fourth-order valence-corrected chi connectivity index (χ4v) is 3.64. The summed E-state index contributed by atoms with van der Waals surface area (Å²) in [5.41, 5.74) is -1.66. The predicted octanol–water partition coefficient (Wildman–Crippen LogP) is -1.14. The van der Waals surface area contributed by atoms with E-state index in [-0.39, 0.29) is 25.3 Å². The van der Waals surface area contributed by atoms with Gasteiger partial charge >= 0.3 is 5.69 Å². The first-order valence-corrected chi connectivity index (χ1v) is 7.22. The number of nitrogens with zero attached hydrogens (tertiary/aromatic N) is 1. The maximum absolute atomic E-state index is 12.3. The van der Waals surface area contributed by atoms with Gasteiger partial charge in [0, 0.05) is 19.3 Å². The Morgan fingerprint density at radius 1 is 1.26 bits per heavy atom. The average Bonchev–Trinajstić information content (AvgIpc) is 2.26. The molecule has 2 N–H and O–H groups in total. The first-order valence-electron chi connectivity index (χ1n) is 5.78. The van der Waals surface area contributed by atoms with Crippen molar-refractivity contribution in [1.29, 1.82) is 0 Å². The maximum atomic E-state index is 12.3.